The molecule has 0 bridgehead atoms. The topological polar surface area (TPSA) is 139 Å². The minimum absolute atomic E-state index is 0.0303. The van der Waals surface area contributed by atoms with Gasteiger partial charge in [-0.15, -0.1) is 6.58 Å². The van der Waals surface area contributed by atoms with Crippen LogP contribution in [0.3, 0.4) is 0 Å². The summed E-state index contributed by atoms with van der Waals surface area (Å²) in [7, 11) is 1.85. The molecule has 2 aromatic rings. The van der Waals surface area contributed by atoms with Crippen LogP contribution in [0.15, 0.2) is 78.0 Å². The molecule has 2 amide bonds. The molecule has 1 aliphatic heterocycles. The SMILES string of the molecule is C=CCOC12Oc3ccc(OC(=O)NCC)cc3C3C(CCCCO)C(CCCCO)C=C(C(=NOCc4ccccc4)CC1N(C)C(=O)C1CC1)C32. The minimum atomic E-state index is -1.30. The number of hydrogen-bond acceptors (Lipinski definition) is 9. The lowest BCUT2D eigenvalue weighted by atomic mass is 9.55. The van der Waals surface area contributed by atoms with Gasteiger partial charge in [0.05, 0.1) is 18.2 Å². The van der Waals surface area contributed by atoms with Crippen molar-refractivity contribution in [3.05, 3.63) is 84.0 Å². The molecule has 1 heterocycles. The van der Waals surface area contributed by atoms with Crippen molar-refractivity contribution < 1.29 is 38.9 Å². The second-order valence-corrected chi connectivity index (χ2v) is 14.7. The van der Waals surface area contributed by atoms with Gasteiger partial charge in [0, 0.05) is 50.6 Å². The van der Waals surface area contributed by atoms with Crippen LogP contribution in [0.4, 0.5) is 4.79 Å². The van der Waals surface area contributed by atoms with E-state index in [0.717, 1.165) is 60.9 Å². The summed E-state index contributed by atoms with van der Waals surface area (Å²) in [6.07, 6.45) is 10.2. The van der Waals surface area contributed by atoms with Crippen molar-refractivity contribution in [1.82, 2.24) is 10.2 Å². The van der Waals surface area contributed by atoms with Gasteiger partial charge in [-0.1, -0.05) is 60.5 Å². The quantitative estimate of drug-likeness (QED) is 0.0899. The average molecular weight is 730 g/mol. The number of amides is 2. The molecule has 2 aromatic carbocycles. The smallest absolute Gasteiger partial charge is 0.412 e. The normalized spacial score (nSPS) is 26.4. The highest BCUT2D eigenvalue weighted by molar-refractivity contribution is 6.03. The zero-order chi connectivity index (χ0) is 37.4. The number of unbranched alkanes of at least 4 members (excludes halogenated alkanes) is 2. The summed E-state index contributed by atoms with van der Waals surface area (Å²) in [6.45, 7) is 6.93. The van der Waals surface area contributed by atoms with Gasteiger partial charge in [0.25, 0.3) is 0 Å². The highest BCUT2D eigenvalue weighted by Crippen LogP contribution is 2.62. The Balaban J connectivity index is 1.54. The fourth-order valence-electron chi connectivity index (χ4n) is 8.61. The van der Waals surface area contributed by atoms with Crippen molar-refractivity contribution in [2.45, 2.75) is 89.1 Å². The maximum Gasteiger partial charge on any atom is 0.412 e. The molecule has 53 heavy (non-hydrogen) atoms. The van der Waals surface area contributed by atoms with Gasteiger partial charge in [0.1, 0.15) is 24.1 Å². The van der Waals surface area contributed by atoms with Crippen LogP contribution in [0.25, 0.3) is 0 Å². The second-order valence-electron chi connectivity index (χ2n) is 14.7. The van der Waals surface area contributed by atoms with Gasteiger partial charge in [-0.25, -0.2) is 4.79 Å². The lowest BCUT2D eigenvalue weighted by Gasteiger charge is -2.59. The summed E-state index contributed by atoms with van der Waals surface area (Å²) in [5, 5.41) is 27.2. The number of carbonyl (C=O) groups is 2. The first kappa shape index (κ1) is 38.5. The number of benzene rings is 2. The monoisotopic (exact) mass is 729 g/mol. The number of aliphatic hydroxyl groups is 2. The molecule has 0 radical (unpaired) electrons. The number of fused-ring (bicyclic) bond motifs is 2. The van der Waals surface area contributed by atoms with Gasteiger partial charge in [0.2, 0.25) is 11.7 Å². The van der Waals surface area contributed by atoms with Crippen LogP contribution in [-0.2, 0) is 21.0 Å². The van der Waals surface area contributed by atoms with Crippen LogP contribution >= 0.6 is 0 Å². The molecule has 3 N–H and O–H groups in total. The number of rotatable bonds is 18. The lowest BCUT2D eigenvalue weighted by molar-refractivity contribution is -0.255. The molecule has 4 aliphatic rings. The van der Waals surface area contributed by atoms with Crippen LogP contribution in [0.1, 0.15) is 81.8 Å². The molecule has 6 rings (SSSR count). The fraction of sp³-hybridized carbons (Fsp3) is 0.548. The zero-order valence-corrected chi connectivity index (χ0v) is 31.1. The van der Waals surface area contributed by atoms with E-state index in [2.05, 4.69) is 18.0 Å². The highest BCUT2D eigenvalue weighted by atomic mass is 16.7. The van der Waals surface area contributed by atoms with Crippen LogP contribution < -0.4 is 14.8 Å². The maximum absolute atomic E-state index is 13.9. The Morgan fingerprint density at radius 2 is 1.83 bits per heavy atom. The molecular weight excluding hydrogens is 674 g/mol. The number of ether oxygens (including phenoxy) is 3. The molecule has 0 aromatic heterocycles. The van der Waals surface area contributed by atoms with E-state index in [1.165, 1.54) is 0 Å². The van der Waals surface area contributed by atoms with Crippen molar-refractivity contribution in [2.75, 3.05) is 33.4 Å². The minimum Gasteiger partial charge on any atom is -0.459 e. The fourth-order valence-corrected chi connectivity index (χ4v) is 8.61. The second kappa shape index (κ2) is 17.8. The van der Waals surface area contributed by atoms with Crippen molar-refractivity contribution >= 4 is 17.7 Å². The van der Waals surface area contributed by atoms with E-state index in [9.17, 15) is 19.8 Å². The third kappa shape index (κ3) is 8.47. The Morgan fingerprint density at radius 3 is 2.53 bits per heavy atom. The summed E-state index contributed by atoms with van der Waals surface area (Å²) in [6, 6.07) is 14.8. The van der Waals surface area contributed by atoms with Crippen LogP contribution in [-0.4, -0.2) is 78.1 Å². The zero-order valence-electron chi connectivity index (χ0n) is 31.1. The number of carbonyl (C=O) groups excluding carboxylic acids is 2. The Labute approximate surface area is 313 Å². The first-order valence-electron chi connectivity index (χ1n) is 19.3. The molecule has 11 nitrogen and oxygen atoms in total. The first-order valence-corrected chi connectivity index (χ1v) is 19.3. The van der Waals surface area contributed by atoms with Crippen molar-refractivity contribution in [1.29, 1.82) is 0 Å². The average Bonchev–Trinajstić information content (AvgIpc) is 4.02. The molecule has 286 valence electrons. The van der Waals surface area contributed by atoms with E-state index < -0.39 is 23.8 Å². The van der Waals surface area contributed by atoms with Gasteiger partial charge in [-0.2, -0.15) is 0 Å². The molecule has 11 heteroatoms. The van der Waals surface area contributed by atoms with E-state index in [-0.39, 0.29) is 56.0 Å². The number of likely N-dealkylation sites (N-methyl/N-ethyl adjacent to an activating group) is 1. The Bertz CT molecular complexity index is 1640. The third-order valence-corrected chi connectivity index (χ3v) is 11.2. The Hall–Kier alpha value is -4.19. The number of aliphatic hydroxyl groups excluding tert-OH is 2. The maximum atomic E-state index is 13.9. The summed E-state index contributed by atoms with van der Waals surface area (Å²) in [4.78, 5) is 34.5. The molecule has 2 saturated carbocycles. The van der Waals surface area contributed by atoms with E-state index in [4.69, 9.17) is 24.2 Å². The molecule has 2 fully saturated rings. The first-order chi connectivity index (χ1) is 25.8. The van der Waals surface area contributed by atoms with Crippen molar-refractivity contribution in [3.8, 4) is 11.5 Å². The molecule has 6 unspecified atom stereocenters. The Morgan fingerprint density at radius 1 is 1.08 bits per heavy atom. The molecule has 6 atom stereocenters. The lowest BCUT2D eigenvalue weighted by Crippen LogP contribution is -2.69. The molecule has 0 saturated heterocycles. The van der Waals surface area contributed by atoms with Gasteiger partial charge in [-0.05, 0) is 86.6 Å². The molecule has 0 spiro atoms. The molecular formula is C42H55N3O8. The number of nitrogens with zero attached hydrogens (tertiary/aromatic N) is 2. The van der Waals surface area contributed by atoms with Crippen molar-refractivity contribution in [2.24, 2.45) is 28.8 Å². The predicted octanol–water partition coefficient (Wildman–Crippen LogP) is 6.50. The van der Waals surface area contributed by atoms with E-state index >= 15 is 0 Å². The van der Waals surface area contributed by atoms with Crippen molar-refractivity contribution in [3.63, 3.8) is 0 Å². The van der Waals surface area contributed by atoms with E-state index in [1.807, 2.05) is 61.3 Å². The van der Waals surface area contributed by atoms with Crippen LogP contribution in [0.5, 0.6) is 11.5 Å². The van der Waals surface area contributed by atoms with E-state index in [0.29, 0.717) is 37.3 Å². The largest absolute Gasteiger partial charge is 0.459 e. The highest BCUT2D eigenvalue weighted by Gasteiger charge is 2.65. The van der Waals surface area contributed by atoms with Gasteiger partial charge in [-0.3, -0.25) is 4.79 Å². The van der Waals surface area contributed by atoms with Crippen LogP contribution in [0.2, 0.25) is 0 Å². The standard InChI is InChI=1S/C42H55N3O8/c1-4-23-50-42-37(45(3)40(48)29-17-18-29)26-35(44-51-27-28-13-7-6-8-14-28)33-24-30(15-9-11-21-46)32(16-10-12-22-47)38(39(33)42)34-25-31(19-20-36(34)53-42)52-41(49)43-5-2/h4,6-8,13-14,19-20,24-25,29-30,32,37-39,46-47H,1,5,9-12,15-18,21-23,26-27H2,2-3H3,(H,43,49). The predicted molar refractivity (Wildman–Crippen MR) is 201 cm³/mol. The molecule has 3 aliphatic carbocycles. The summed E-state index contributed by atoms with van der Waals surface area (Å²) >= 11 is 0. The summed E-state index contributed by atoms with van der Waals surface area (Å²) in [5.41, 5.74) is 3.59. The summed E-state index contributed by atoms with van der Waals surface area (Å²) in [5.74, 6) is -0.734. The van der Waals surface area contributed by atoms with Gasteiger partial charge in [0.15, 0.2) is 0 Å². The van der Waals surface area contributed by atoms with Crippen LogP contribution in [0, 0.1) is 23.7 Å². The van der Waals surface area contributed by atoms with E-state index in [1.54, 1.807) is 12.1 Å². The Kier molecular flexibility index (Phi) is 12.9. The number of oxime groups is 1. The van der Waals surface area contributed by atoms with Gasteiger partial charge < -0.3 is 39.5 Å². The number of nitrogens with one attached hydrogen (secondary N) is 1. The summed E-state index contributed by atoms with van der Waals surface area (Å²) < 4.78 is 19.8. The van der Waals surface area contributed by atoms with Gasteiger partial charge >= 0.3 is 6.09 Å². The number of allylic oxidation sites excluding steroid dienone is 1. The number of hydrogen-bond donors (Lipinski definition) is 3. The third-order valence-electron chi connectivity index (χ3n) is 11.2.